The summed E-state index contributed by atoms with van der Waals surface area (Å²) in [5, 5.41) is 10.0. The van der Waals surface area contributed by atoms with E-state index in [4.69, 9.17) is 9.47 Å². The molecule has 0 saturated carbocycles. The van der Waals surface area contributed by atoms with Crippen molar-refractivity contribution in [1.82, 2.24) is 24.3 Å². The van der Waals surface area contributed by atoms with Gasteiger partial charge in [0.05, 0.1) is 36.7 Å². The lowest BCUT2D eigenvalue weighted by molar-refractivity contribution is -0.0149. The third kappa shape index (κ3) is 8.83. The summed E-state index contributed by atoms with van der Waals surface area (Å²) < 4.78 is 42.7. The van der Waals surface area contributed by atoms with Gasteiger partial charge in [0.1, 0.15) is 5.75 Å². The molecule has 13 nitrogen and oxygen atoms in total. The van der Waals surface area contributed by atoms with Crippen molar-refractivity contribution in [3.63, 3.8) is 0 Å². The van der Waals surface area contributed by atoms with Gasteiger partial charge < -0.3 is 28.9 Å². The van der Waals surface area contributed by atoms with Crippen LogP contribution in [0.4, 0.5) is 5.69 Å². The number of benzene rings is 1. The number of aromatic nitrogens is 3. The van der Waals surface area contributed by atoms with Gasteiger partial charge in [0.2, 0.25) is 0 Å². The third-order valence-electron chi connectivity index (χ3n) is 7.99. The fraction of sp³-hybridized carbons (Fsp3) is 0.500. The van der Waals surface area contributed by atoms with Gasteiger partial charge in [0.25, 0.3) is 21.8 Å². The maximum atomic E-state index is 14.3. The van der Waals surface area contributed by atoms with Crippen LogP contribution >= 0.6 is 0 Å². The molecule has 1 aromatic carbocycles. The average Bonchev–Trinajstić information content (AvgIpc) is 3.49. The smallest absolute Gasteiger partial charge is 0.280 e. The molecule has 0 bridgehead atoms. The Labute approximate surface area is 270 Å². The van der Waals surface area contributed by atoms with Gasteiger partial charge in [0, 0.05) is 69.6 Å². The standard InChI is InChI=1S/C32H44N6O7S/c1-22-17-38(23(2)20-39)32(41)27-16-26(35-46(42,43)30-19-36(4)21-34-30)9-10-28(27)45-24(3)8-6-7-15-44-29(22)18-37(5)31(40)25-11-13-33-14-12-25/h9-14,16,19,21-24,29,35,39H,6-8,15,17-18,20H2,1-5H3/t22-,23+,24+,29-/m0/s1. The first-order valence-electron chi connectivity index (χ1n) is 15.4. The highest BCUT2D eigenvalue weighted by Gasteiger charge is 2.31. The van der Waals surface area contributed by atoms with Gasteiger partial charge in [-0.25, -0.2) is 4.98 Å². The van der Waals surface area contributed by atoms with Crippen LogP contribution in [0.15, 0.2) is 60.3 Å². The number of hydrogen-bond donors (Lipinski definition) is 2. The van der Waals surface area contributed by atoms with E-state index >= 15 is 0 Å². The lowest BCUT2D eigenvalue weighted by atomic mass is 10.0. The number of likely N-dealkylation sites (N-methyl/N-ethyl adjacent to an activating group) is 1. The first-order valence-corrected chi connectivity index (χ1v) is 16.9. The average molecular weight is 657 g/mol. The molecule has 1 aliphatic rings. The van der Waals surface area contributed by atoms with E-state index in [1.807, 2.05) is 13.8 Å². The largest absolute Gasteiger partial charge is 0.490 e. The number of pyridine rings is 1. The highest BCUT2D eigenvalue weighted by molar-refractivity contribution is 7.92. The number of aryl methyl sites for hydroxylation is 1. The number of aliphatic hydroxyl groups excluding tert-OH is 1. The van der Waals surface area contributed by atoms with Crippen molar-refractivity contribution < 1.29 is 32.6 Å². The predicted octanol–water partition coefficient (Wildman–Crippen LogP) is 3.18. The molecular weight excluding hydrogens is 612 g/mol. The molecule has 4 rings (SSSR count). The number of carbonyl (C=O) groups excluding carboxylic acids is 2. The van der Waals surface area contributed by atoms with Gasteiger partial charge in [-0.2, -0.15) is 8.42 Å². The summed E-state index contributed by atoms with van der Waals surface area (Å²) in [6, 6.07) is 7.32. The molecule has 2 amide bonds. The summed E-state index contributed by atoms with van der Waals surface area (Å²) in [6.07, 6.45) is 7.53. The fourth-order valence-corrected chi connectivity index (χ4v) is 6.28. The van der Waals surface area contributed by atoms with E-state index in [1.165, 1.54) is 23.2 Å². The van der Waals surface area contributed by atoms with Crippen LogP contribution in [0.25, 0.3) is 0 Å². The molecule has 2 aromatic heterocycles. The second-order valence-corrected chi connectivity index (χ2v) is 13.5. The van der Waals surface area contributed by atoms with Crippen molar-refractivity contribution in [2.24, 2.45) is 13.0 Å². The quantitative estimate of drug-likeness (QED) is 0.372. The summed E-state index contributed by atoms with van der Waals surface area (Å²) >= 11 is 0. The number of nitrogens with zero attached hydrogens (tertiary/aromatic N) is 5. The van der Waals surface area contributed by atoms with Crippen molar-refractivity contribution in [2.45, 2.75) is 63.3 Å². The van der Waals surface area contributed by atoms with Crippen LogP contribution in [-0.2, 0) is 21.8 Å². The first kappa shape index (κ1) is 34.9. The highest BCUT2D eigenvalue weighted by atomic mass is 32.2. The maximum absolute atomic E-state index is 14.3. The Morgan fingerprint density at radius 2 is 1.93 bits per heavy atom. The lowest BCUT2D eigenvalue weighted by Gasteiger charge is -2.36. The Balaban J connectivity index is 1.66. The third-order valence-corrected chi connectivity index (χ3v) is 9.25. The van der Waals surface area contributed by atoms with E-state index in [0.717, 1.165) is 12.8 Å². The molecule has 46 heavy (non-hydrogen) atoms. The Bertz CT molecular complexity index is 1580. The number of amides is 2. The van der Waals surface area contributed by atoms with E-state index in [1.54, 1.807) is 67.5 Å². The first-order chi connectivity index (χ1) is 21.9. The minimum atomic E-state index is -4.03. The molecule has 3 heterocycles. The maximum Gasteiger partial charge on any atom is 0.280 e. The zero-order valence-electron chi connectivity index (χ0n) is 27.0. The number of anilines is 1. The Morgan fingerprint density at radius 1 is 1.20 bits per heavy atom. The number of carbonyl (C=O) groups is 2. The Hall–Kier alpha value is -4.01. The molecule has 14 heteroatoms. The highest BCUT2D eigenvalue weighted by Crippen LogP contribution is 2.29. The molecule has 4 atom stereocenters. The number of sulfonamides is 1. The lowest BCUT2D eigenvalue weighted by Crippen LogP contribution is -2.48. The zero-order chi connectivity index (χ0) is 33.4. The van der Waals surface area contributed by atoms with Gasteiger partial charge in [0.15, 0.2) is 5.03 Å². The van der Waals surface area contributed by atoms with Crippen LogP contribution in [0.1, 0.15) is 60.7 Å². The summed E-state index contributed by atoms with van der Waals surface area (Å²) in [4.78, 5) is 38.5. The SMILES string of the molecule is C[C@@H]1CCCCO[C@@H](CN(C)C(=O)c2ccncc2)[C@@H](C)CN([C@H](C)CO)C(=O)c2cc(NS(=O)(=O)c3cn(C)cn3)ccc2O1. The van der Waals surface area contributed by atoms with Crippen molar-refractivity contribution in [3.05, 3.63) is 66.4 Å². The second kappa shape index (κ2) is 15.5. The molecule has 0 unspecified atom stereocenters. The van der Waals surface area contributed by atoms with E-state index in [2.05, 4.69) is 14.7 Å². The molecule has 3 aromatic rings. The Kier molecular flexibility index (Phi) is 11.8. The molecule has 2 N–H and O–H groups in total. The van der Waals surface area contributed by atoms with Crippen molar-refractivity contribution in [3.8, 4) is 5.75 Å². The number of fused-ring (bicyclic) bond motifs is 1. The zero-order valence-corrected chi connectivity index (χ0v) is 27.8. The minimum absolute atomic E-state index is 0.153. The molecule has 1 aliphatic heterocycles. The van der Waals surface area contributed by atoms with Crippen molar-refractivity contribution >= 4 is 27.5 Å². The Morgan fingerprint density at radius 3 is 2.61 bits per heavy atom. The number of imidazole rings is 1. The monoisotopic (exact) mass is 656 g/mol. The number of hydrogen-bond acceptors (Lipinski definition) is 9. The number of rotatable bonds is 8. The molecule has 250 valence electrons. The van der Waals surface area contributed by atoms with Gasteiger partial charge in [-0.15, -0.1) is 0 Å². The summed E-state index contributed by atoms with van der Waals surface area (Å²) in [5.74, 6) is -0.544. The molecule has 0 saturated heterocycles. The van der Waals surface area contributed by atoms with E-state index in [9.17, 15) is 23.1 Å². The molecule has 0 aliphatic carbocycles. The molecular formula is C32H44N6O7S. The van der Waals surface area contributed by atoms with Crippen LogP contribution in [0.3, 0.4) is 0 Å². The van der Waals surface area contributed by atoms with Crippen LogP contribution in [0.5, 0.6) is 5.75 Å². The van der Waals surface area contributed by atoms with E-state index in [0.29, 0.717) is 24.3 Å². The van der Waals surface area contributed by atoms with Gasteiger partial charge in [-0.1, -0.05) is 6.92 Å². The van der Waals surface area contributed by atoms with Crippen molar-refractivity contribution in [1.29, 1.82) is 0 Å². The minimum Gasteiger partial charge on any atom is -0.490 e. The van der Waals surface area contributed by atoms with E-state index < -0.39 is 28.1 Å². The fourth-order valence-electron chi connectivity index (χ4n) is 5.25. The topological polar surface area (TPSA) is 156 Å². The predicted molar refractivity (Wildman–Crippen MR) is 172 cm³/mol. The second-order valence-electron chi connectivity index (χ2n) is 11.9. The normalized spacial score (nSPS) is 20.6. The number of aliphatic hydroxyl groups is 1. The van der Waals surface area contributed by atoms with Crippen LogP contribution in [0.2, 0.25) is 0 Å². The summed E-state index contributed by atoms with van der Waals surface area (Å²) in [5.41, 5.74) is 0.828. The summed E-state index contributed by atoms with van der Waals surface area (Å²) in [6.45, 7) is 6.25. The van der Waals surface area contributed by atoms with Gasteiger partial charge >= 0.3 is 0 Å². The summed E-state index contributed by atoms with van der Waals surface area (Å²) in [7, 11) is -0.645. The molecule has 0 radical (unpaired) electrons. The van der Waals surface area contributed by atoms with Crippen LogP contribution in [-0.4, -0.2) is 101 Å². The molecule has 0 spiro atoms. The number of ether oxygens (including phenoxy) is 2. The van der Waals surface area contributed by atoms with Gasteiger partial charge in [-0.05, 0) is 63.4 Å². The van der Waals surface area contributed by atoms with Crippen LogP contribution in [0, 0.1) is 5.92 Å². The molecule has 0 fully saturated rings. The van der Waals surface area contributed by atoms with Crippen molar-refractivity contribution in [2.75, 3.05) is 38.1 Å². The van der Waals surface area contributed by atoms with Gasteiger partial charge in [-0.3, -0.25) is 19.3 Å². The number of nitrogens with one attached hydrogen (secondary N) is 1. The van der Waals surface area contributed by atoms with Crippen LogP contribution < -0.4 is 9.46 Å². The van der Waals surface area contributed by atoms with E-state index in [-0.39, 0.29) is 53.9 Å².